The Labute approximate surface area is 117 Å². The van der Waals surface area contributed by atoms with E-state index in [0.717, 1.165) is 5.56 Å². The topological polar surface area (TPSA) is 71.5 Å². The first-order chi connectivity index (χ1) is 9.70. The Hall–Kier alpha value is -2.40. The standard InChI is InChI=1S/C15H16N2O3/c1-20-13-4-2-12(3-5-13)14(18)15(19)17-10-11-6-8-16-9-7-11/h2-9,14,18H,10H2,1H3,(H,17,19). The van der Waals surface area contributed by atoms with Crippen LogP contribution >= 0.6 is 0 Å². The highest BCUT2D eigenvalue weighted by Gasteiger charge is 2.16. The van der Waals surface area contributed by atoms with Crippen molar-refractivity contribution in [3.63, 3.8) is 0 Å². The van der Waals surface area contributed by atoms with Crippen molar-refractivity contribution in [2.45, 2.75) is 12.6 Å². The molecule has 1 amide bonds. The molecule has 0 fully saturated rings. The van der Waals surface area contributed by atoms with E-state index in [-0.39, 0.29) is 0 Å². The van der Waals surface area contributed by atoms with Gasteiger partial charge in [-0.25, -0.2) is 0 Å². The molecule has 20 heavy (non-hydrogen) atoms. The zero-order chi connectivity index (χ0) is 14.4. The molecule has 0 aliphatic rings. The zero-order valence-electron chi connectivity index (χ0n) is 11.1. The second-order valence-electron chi connectivity index (χ2n) is 4.25. The van der Waals surface area contributed by atoms with E-state index in [9.17, 15) is 9.90 Å². The number of benzene rings is 1. The van der Waals surface area contributed by atoms with Crippen LogP contribution in [0.5, 0.6) is 5.75 Å². The molecule has 5 nitrogen and oxygen atoms in total. The lowest BCUT2D eigenvalue weighted by Gasteiger charge is -2.12. The highest BCUT2D eigenvalue weighted by Crippen LogP contribution is 2.17. The number of rotatable bonds is 5. The predicted octanol–water partition coefficient (Wildman–Crippen LogP) is 1.44. The molecular weight excluding hydrogens is 256 g/mol. The summed E-state index contributed by atoms with van der Waals surface area (Å²) in [6, 6.07) is 10.3. The van der Waals surface area contributed by atoms with E-state index < -0.39 is 12.0 Å². The lowest BCUT2D eigenvalue weighted by Crippen LogP contribution is -2.28. The molecule has 1 aromatic carbocycles. The van der Waals surface area contributed by atoms with Gasteiger partial charge < -0.3 is 15.2 Å². The van der Waals surface area contributed by atoms with Gasteiger partial charge in [0.25, 0.3) is 5.91 Å². The molecule has 0 spiro atoms. The van der Waals surface area contributed by atoms with Crippen molar-refractivity contribution < 1.29 is 14.6 Å². The largest absolute Gasteiger partial charge is 0.497 e. The minimum Gasteiger partial charge on any atom is -0.497 e. The summed E-state index contributed by atoms with van der Waals surface area (Å²) < 4.78 is 5.03. The Morgan fingerprint density at radius 3 is 2.50 bits per heavy atom. The highest BCUT2D eigenvalue weighted by molar-refractivity contribution is 5.81. The predicted molar refractivity (Wildman–Crippen MR) is 74.0 cm³/mol. The van der Waals surface area contributed by atoms with Gasteiger partial charge in [0, 0.05) is 18.9 Å². The molecule has 2 N–H and O–H groups in total. The summed E-state index contributed by atoms with van der Waals surface area (Å²) in [7, 11) is 1.56. The average molecular weight is 272 g/mol. The third-order valence-electron chi connectivity index (χ3n) is 2.90. The first kappa shape index (κ1) is 14.0. The quantitative estimate of drug-likeness (QED) is 0.864. The number of carbonyl (C=O) groups excluding carboxylic acids is 1. The van der Waals surface area contributed by atoms with E-state index in [4.69, 9.17) is 4.74 Å². The Morgan fingerprint density at radius 1 is 1.25 bits per heavy atom. The maximum atomic E-state index is 11.9. The van der Waals surface area contributed by atoms with Gasteiger partial charge in [0.05, 0.1) is 7.11 Å². The van der Waals surface area contributed by atoms with Crippen LogP contribution in [0, 0.1) is 0 Å². The summed E-state index contributed by atoms with van der Waals surface area (Å²) in [5.41, 5.74) is 1.45. The van der Waals surface area contributed by atoms with Gasteiger partial charge in [-0.2, -0.15) is 0 Å². The van der Waals surface area contributed by atoms with Crippen LogP contribution in [0.2, 0.25) is 0 Å². The van der Waals surface area contributed by atoms with E-state index in [1.807, 2.05) is 0 Å². The molecule has 1 unspecified atom stereocenters. The number of hydrogen-bond acceptors (Lipinski definition) is 4. The second-order valence-corrected chi connectivity index (χ2v) is 4.25. The van der Waals surface area contributed by atoms with Gasteiger partial charge in [-0.15, -0.1) is 0 Å². The van der Waals surface area contributed by atoms with Crippen molar-refractivity contribution in [2.75, 3.05) is 7.11 Å². The van der Waals surface area contributed by atoms with Gasteiger partial charge in [-0.1, -0.05) is 12.1 Å². The summed E-state index contributed by atoms with van der Waals surface area (Å²) in [5.74, 6) is 0.241. The number of methoxy groups -OCH3 is 1. The van der Waals surface area contributed by atoms with E-state index in [0.29, 0.717) is 17.9 Å². The first-order valence-corrected chi connectivity index (χ1v) is 6.19. The fraction of sp³-hybridized carbons (Fsp3) is 0.200. The molecule has 1 aromatic heterocycles. The van der Waals surface area contributed by atoms with Gasteiger partial charge in [-0.3, -0.25) is 9.78 Å². The van der Waals surface area contributed by atoms with Crippen LogP contribution < -0.4 is 10.1 Å². The molecule has 0 radical (unpaired) electrons. The molecule has 5 heteroatoms. The SMILES string of the molecule is COc1ccc(C(O)C(=O)NCc2ccncc2)cc1. The first-order valence-electron chi connectivity index (χ1n) is 6.19. The zero-order valence-corrected chi connectivity index (χ0v) is 11.1. The van der Waals surface area contributed by atoms with Crippen LogP contribution in [0.4, 0.5) is 0 Å². The van der Waals surface area contributed by atoms with Crippen LogP contribution in [0.1, 0.15) is 17.2 Å². The highest BCUT2D eigenvalue weighted by atomic mass is 16.5. The van der Waals surface area contributed by atoms with Gasteiger partial charge in [0.1, 0.15) is 5.75 Å². The molecular formula is C15H16N2O3. The van der Waals surface area contributed by atoms with Gasteiger partial charge in [0.2, 0.25) is 0 Å². The molecule has 1 heterocycles. The van der Waals surface area contributed by atoms with Crippen LogP contribution in [-0.2, 0) is 11.3 Å². The Morgan fingerprint density at radius 2 is 1.90 bits per heavy atom. The molecule has 2 aromatic rings. The second kappa shape index (κ2) is 6.68. The number of aliphatic hydroxyl groups excluding tert-OH is 1. The molecule has 0 saturated heterocycles. The number of nitrogens with zero attached hydrogens (tertiary/aromatic N) is 1. The molecule has 0 aliphatic heterocycles. The van der Waals surface area contributed by atoms with Crippen molar-refractivity contribution in [3.05, 3.63) is 59.9 Å². The number of nitrogens with one attached hydrogen (secondary N) is 1. The Kier molecular flexibility index (Phi) is 4.68. The van der Waals surface area contributed by atoms with Crippen molar-refractivity contribution in [1.29, 1.82) is 0 Å². The van der Waals surface area contributed by atoms with Gasteiger partial charge in [0.15, 0.2) is 6.10 Å². The monoisotopic (exact) mass is 272 g/mol. The van der Waals surface area contributed by atoms with Crippen LogP contribution in [0.15, 0.2) is 48.8 Å². The third kappa shape index (κ3) is 3.55. The Balaban J connectivity index is 1.94. The van der Waals surface area contributed by atoms with Crippen molar-refractivity contribution in [3.8, 4) is 5.75 Å². The number of aromatic nitrogens is 1. The van der Waals surface area contributed by atoms with Gasteiger partial charge >= 0.3 is 0 Å². The van der Waals surface area contributed by atoms with Crippen LogP contribution in [-0.4, -0.2) is 23.1 Å². The van der Waals surface area contributed by atoms with Gasteiger partial charge in [-0.05, 0) is 35.4 Å². The summed E-state index contributed by atoms with van der Waals surface area (Å²) >= 11 is 0. The number of ether oxygens (including phenoxy) is 1. The minimum absolute atomic E-state index is 0.356. The number of carbonyl (C=O) groups is 1. The van der Waals surface area contributed by atoms with E-state index in [2.05, 4.69) is 10.3 Å². The molecule has 104 valence electrons. The van der Waals surface area contributed by atoms with E-state index in [1.165, 1.54) is 0 Å². The number of pyridine rings is 1. The fourth-order valence-corrected chi connectivity index (χ4v) is 1.72. The summed E-state index contributed by atoms with van der Waals surface area (Å²) in [6.07, 6.45) is 2.12. The van der Waals surface area contributed by atoms with E-state index in [1.54, 1.807) is 55.9 Å². The summed E-state index contributed by atoms with van der Waals surface area (Å²) in [5, 5.41) is 12.6. The van der Waals surface area contributed by atoms with Crippen molar-refractivity contribution >= 4 is 5.91 Å². The number of hydrogen-bond donors (Lipinski definition) is 2. The maximum absolute atomic E-state index is 11.9. The van der Waals surface area contributed by atoms with E-state index >= 15 is 0 Å². The minimum atomic E-state index is -1.19. The average Bonchev–Trinajstić information content (AvgIpc) is 2.53. The molecule has 0 saturated carbocycles. The maximum Gasteiger partial charge on any atom is 0.253 e. The number of amides is 1. The molecule has 0 aliphatic carbocycles. The number of aliphatic hydroxyl groups is 1. The van der Waals surface area contributed by atoms with Crippen LogP contribution in [0.25, 0.3) is 0 Å². The lowest BCUT2D eigenvalue weighted by atomic mass is 10.1. The Bertz CT molecular complexity index is 555. The molecule has 2 rings (SSSR count). The normalized spacial score (nSPS) is 11.7. The summed E-state index contributed by atoms with van der Waals surface area (Å²) in [4.78, 5) is 15.8. The third-order valence-corrected chi connectivity index (χ3v) is 2.90. The fourth-order valence-electron chi connectivity index (χ4n) is 1.72. The van der Waals surface area contributed by atoms with Crippen LogP contribution in [0.3, 0.4) is 0 Å². The smallest absolute Gasteiger partial charge is 0.253 e. The summed E-state index contributed by atoms with van der Waals surface area (Å²) in [6.45, 7) is 0.356. The molecule has 0 bridgehead atoms. The van der Waals surface area contributed by atoms with Crippen molar-refractivity contribution in [2.24, 2.45) is 0 Å². The lowest BCUT2D eigenvalue weighted by molar-refractivity contribution is -0.129. The molecule has 1 atom stereocenters. The van der Waals surface area contributed by atoms with Crippen molar-refractivity contribution in [1.82, 2.24) is 10.3 Å².